The zero-order valence-electron chi connectivity index (χ0n) is 9.88. The quantitative estimate of drug-likeness (QED) is 0.530. The van der Waals surface area contributed by atoms with Gasteiger partial charge in [0.1, 0.15) is 16.8 Å². The Kier molecular flexibility index (Phi) is 4.01. The van der Waals surface area contributed by atoms with Crippen molar-refractivity contribution in [1.82, 2.24) is 0 Å². The summed E-state index contributed by atoms with van der Waals surface area (Å²) in [6.45, 7) is 0.228. The van der Waals surface area contributed by atoms with Gasteiger partial charge in [0.2, 0.25) is 0 Å². The van der Waals surface area contributed by atoms with Gasteiger partial charge in [-0.05, 0) is 28.1 Å². The molecule has 0 aliphatic rings. The van der Waals surface area contributed by atoms with Crippen molar-refractivity contribution in [3.05, 3.63) is 62.6 Å². The molecule has 0 saturated heterocycles. The second kappa shape index (κ2) is 5.71. The summed E-state index contributed by atoms with van der Waals surface area (Å²) in [6.07, 6.45) is 0. The highest BCUT2D eigenvalue weighted by Crippen LogP contribution is 2.29. The Balaban J connectivity index is 2.16. The summed E-state index contributed by atoms with van der Waals surface area (Å²) >= 11 is 3.22. The molecule has 0 atom stereocenters. The van der Waals surface area contributed by atoms with Crippen LogP contribution in [0.5, 0.6) is 5.75 Å². The Hall–Kier alpha value is -2.08. The van der Waals surface area contributed by atoms with Gasteiger partial charge < -0.3 is 10.5 Å². The summed E-state index contributed by atoms with van der Waals surface area (Å²) in [5.41, 5.74) is 6.98. The molecular formula is C13H11BrN2O3. The lowest BCUT2D eigenvalue weighted by Gasteiger charge is -2.08. The van der Waals surface area contributed by atoms with Crippen LogP contribution < -0.4 is 10.5 Å². The lowest BCUT2D eigenvalue weighted by atomic mass is 10.2. The minimum Gasteiger partial charge on any atom is -0.489 e. The molecule has 0 radical (unpaired) electrons. The van der Waals surface area contributed by atoms with E-state index in [1.807, 2.05) is 0 Å². The lowest BCUT2D eigenvalue weighted by Crippen LogP contribution is -1.99. The highest BCUT2D eigenvalue weighted by Gasteiger charge is 2.14. The van der Waals surface area contributed by atoms with E-state index in [1.54, 1.807) is 36.4 Å². The van der Waals surface area contributed by atoms with Crippen molar-refractivity contribution >= 4 is 27.3 Å². The molecule has 0 heterocycles. The number of anilines is 1. The van der Waals surface area contributed by atoms with Gasteiger partial charge in [0, 0.05) is 23.4 Å². The third-order valence-electron chi connectivity index (χ3n) is 2.51. The Bertz CT molecular complexity index is 617. The van der Waals surface area contributed by atoms with E-state index in [4.69, 9.17) is 10.5 Å². The molecule has 19 heavy (non-hydrogen) atoms. The van der Waals surface area contributed by atoms with Crippen LogP contribution in [0.3, 0.4) is 0 Å². The summed E-state index contributed by atoms with van der Waals surface area (Å²) in [6, 6.07) is 11.9. The summed E-state index contributed by atoms with van der Waals surface area (Å²) in [7, 11) is 0. The number of hydrogen-bond donors (Lipinski definition) is 1. The number of nitrogen functional groups attached to an aromatic ring is 1. The van der Waals surface area contributed by atoms with E-state index in [9.17, 15) is 10.1 Å². The molecule has 5 nitrogen and oxygen atoms in total. The maximum Gasteiger partial charge on any atom is 0.283 e. The molecule has 6 heteroatoms. The van der Waals surface area contributed by atoms with Crippen molar-refractivity contribution < 1.29 is 9.66 Å². The normalized spacial score (nSPS) is 10.2. The van der Waals surface area contributed by atoms with Crippen molar-refractivity contribution in [2.45, 2.75) is 6.61 Å². The largest absolute Gasteiger partial charge is 0.489 e. The molecule has 0 aliphatic carbocycles. The van der Waals surface area contributed by atoms with Gasteiger partial charge >= 0.3 is 0 Å². The van der Waals surface area contributed by atoms with Crippen molar-refractivity contribution in [2.75, 3.05) is 5.73 Å². The average molecular weight is 323 g/mol. The predicted molar refractivity (Wildman–Crippen MR) is 76.0 cm³/mol. The van der Waals surface area contributed by atoms with Crippen molar-refractivity contribution in [2.24, 2.45) is 0 Å². The minimum absolute atomic E-state index is 0.0219. The van der Waals surface area contributed by atoms with Crippen LogP contribution in [-0.2, 0) is 6.61 Å². The van der Waals surface area contributed by atoms with Crippen LogP contribution in [0.4, 0.5) is 11.4 Å². The van der Waals surface area contributed by atoms with Crippen molar-refractivity contribution in [3.63, 3.8) is 0 Å². The number of nitro groups is 1. The van der Waals surface area contributed by atoms with E-state index in [2.05, 4.69) is 15.9 Å². The number of benzene rings is 2. The van der Waals surface area contributed by atoms with Crippen molar-refractivity contribution in [1.29, 1.82) is 0 Å². The van der Waals surface area contributed by atoms with E-state index in [1.165, 1.54) is 6.07 Å². The standard InChI is InChI=1S/C13H11BrN2O3/c14-13-9(3-1-6-12(13)16(17)18)8-19-11-5-2-4-10(15)7-11/h1-7H,8,15H2. The minimum atomic E-state index is -0.436. The van der Waals surface area contributed by atoms with E-state index in [-0.39, 0.29) is 12.3 Å². The van der Waals surface area contributed by atoms with Gasteiger partial charge in [-0.2, -0.15) is 0 Å². The molecule has 2 N–H and O–H groups in total. The first-order chi connectivity index (χ1) is 9.08. The Morgan fingerprint density at radius 3 is 2.68 bits per heavy atom. The van der Waals surface area contributed by atoms with Crippen LogP contribution in [-0.4, -0.2) is 4.92 Å². The molecule has 0 saturated carbocycles. The number of halogens is 1. The maximum absolute atomic E-state index is 10.8. The van der Waals surface area contributed by atoms with E-state index in [0.717, 1.165) is 0 Å². The first-order valence-corrected chi connectivity index (χ1v) is 6.27. The first kappa shape index (κ1) is 13.4. The topological polar surface area (TPSA) is 78.4 Å². The van der Waals surface area contributed by atoms with Crippen LogP contribution in [0.1, 0.15) is 5.56 Å². The lowest BCUT2D eigenvalue weighted by molar-refractivity contribution is -0.385. The SMILES string of the molecule is Nc1cccc(OCc2cccc([N+](=O)[O-])c2Br)c1. The van der Waals surface area contributed by atoms with Gasteiger partial charge in [-0.1, -0.05) is 18.2 Å². The molecule has 98 valence electrons. The zero-order chi connectivity index (χ0) is 13.8. The van der Waals surface area contributed by atoms with Gasteiger partial charge in [0.05, 0.1) is 4.92 Å². The molecule has 0 aromatic heterocycles. The summed E-state index contributed by atoms with van der Waals surface area (Å²) in [4.78, 5) is 10.4. The number of rotatable bonds is 4. The maximum atomic E-state index is 10.8. The van der Waals surface area contributed by atoms with E-state index >= 15 is 0 Å². The molecule has 0 aliphatic heterocycles. The van der Waals surface area contributed by atoms with Crippen LogP contribution in [0, 0.1) is 10.1 Å². The second-order valence-electron chi connectivity index (χ2n) is 3.87. The predicted octanol–water partition coefficient (Wildman–Crippen LogP) is 3.52. The molecule has 2 aromatic carbocycles. The fourth-order valence-electron chi connectivity index (χ4n) is 1.58. The summed E-state index contributed by atoms with van der Waals surface area (Å²) in [5.74, 6) is 0.624. The number of hydrogen-bond acceptors (Lipinski definition) is 4. The van der Waals surface area contributed by atoms with Gasteiger partial charge in [0.15, 0.2) is 0 Å². The van der Waals surface area contributed by atoms with Crippen molar-refractivity contribution in [3.8, 4) is 5.75 Å². The molecule has 0 unspecified atom stereocenters. The van der Waals surface area contributed by atoms with E-state index in [0.29, 0.717) is 21.5 Å². The number of nitrogens with zero attached hydrogens (tertiary/aromatic N) is 1. The highest BCUT2D eigenvalue weighted by molar-refractivity contribution is 9.10. The average Bonchev–Trinajstić information content (AvgIpc) is 2.37. The molecular weight excluding hydrogens is 312 g/mol. The first-order valence-electron chi connectivity index (χ1n) is 5.48. The molecule has 0 fully saturated rings. The fraction of sp³-hybridized carbons (Fsp3) is 0.0769. The number of nitrogens with two attached hydrogens (primary N) is 1. The second-order valence-corrected chi connectivity index (χ2v) is 4.66. The van der Waals surface area contributed by atoms with E-state index < -0.39 is 4.92 Å². The highest BCUT2D eigenvalue weighted by atomic mass is 79.9. The van der Waals surface area contributed by atoms with Crippen LogP contribution in [0.2, 0.25) is 0 Å². The summed E-state index contributed by atoms with van der Waals surface area (Å²) in [5, 5.41) is 10.8. The van der Waals surface area contributed by atoms with Crippen LogP contribution >= 0.6 is 15.9 Å². The van der Waals surface area contributed by atoms with Crippen LogP contribution in [0.25, 0.3) is 0 Å². The number of ether oxygens (including phenoxy) is 1. The third kappa shape index (κ3) is 3.23. The van der Waals surface area contributed by atoms with Gasteiger partial charge in [0.25, 0.3) is 5.69 Å². The molecule has 2 aromatic rings. The third-order valence-corrected chi connectivity index (χ3v) is 3.42. The molecule has 0 spiro atoms. The Morgan fingerprint density at radius 1 is 1.26 bits per heavy atom. The monoisotopic (exact) mass is 322 g/mol. The molecule has 0 bridgehead atoms. The Labute approximate surface area is 118 Å². The zero-order valence-corrected chi connectivity index (χ0v) is 11.5. The Morgan fingerprint density at radius 2 is 2.00 bits per heavy atom. The summed E-state index contributed by atoms with van der Waals surface area (Å²) < 4.78 is 5.99. The molecule has 2 rings (SSSR count). The number of nitro benzene ring substituents is 1. The fourth-order valence-corrected chi connectivity index (χ4v) is 2.11. The van der Waals surface area contributed by atoms with Gasteiger partial charge in [-0.3, -0.25) is 10.1 Å². The molecule has 0 amide bonds. The van der Waals surface area contributed by atoms with Gasteiger partial charge in [-0.15, -0.1) is 0 Å². The van der Waals surface area contributed by atoms with Gasteiger partial charge in [-0.25, -0.2) is 0 Å². The van der Waals surface area contributed by atoms with Crippen LogP contribution in [0.15, 0.2) is 46.9 Å². The smallest absolute Gasteiger partial charge is 0.283 e.